The number of benzene rings is 2. The van der Waals surface area contributed by atoms with Gasteiger partial charge in [-0.2, -0.15) is 18.3 Å². The Labute approximate surface area is 179 Å². The van der Waals surface area contributed by atoms with Crippen LogP contribution >= 0.6 is 11.3 Å². The number of nitrogens with zero attached hydrogens (tertiary/aromatic N) is 2. The van der Waals surface area contributed by atoms with Crippen molar-refractivity contribution < 1.29 is 23.1 Å². The predicted molar refractivity (Wildman–Crippen MR) is 112 cm³/mol. The summed E-state index contributed by atoms with van der Waals surface area (Å²) in [5, 5.41) is 14.9. The molecule has 0 aliphatic heterocycles. The van der Waals surface area contributed by atoms with Crippen molar-refractivity contribution in [2.75, 3.05) is 0 Å². The lowest BCUT2D eigenvalue weighted by atomic mass is 10.1. The largest absolute Gasteiger partial charge is 0.478 e. The molecular formula is C23H17F3N2O2S. The summed E-state index contributed by atoms with van der Waals surface area (Å²) in [6, 6.07) is 13.1. The fourth-order valence-electron chi connectivity index (χ4n) is 3.88. The maximum atomic E-state index is 13.0. The fourth-order valence-corrected chi connectivity index (χ4v) is 5.07. The molecule has 31 heavy (non-hydrogen) atoms. The van der Waals surface area contributed by atoms with E-state index in [-0.39, 0.29) is 11.5 Å². The summed E-state index contributed by atoms with van der Waals surface area (Å²) in [5.74, 6) is -0.801. The molecule has 2 heterocycles. The van der Waals surface area contributed by atoms with Crippen molar-refractivity contribution in [1.82, 2.24) is 9.78 Å². The standard InChI is InChI=1S/C23H17F3N2O2S/c24-23(25,26)16-5-1-3-13(9-16)10-17-11-15-4-2-6-19(21(15)31-17)28-20(14-7-8-14)18(12-27-28)22(29)30/h1-6,9,11-12,14H,7-8,10H2,(H,29,30). The van der Waals surface area contributed by atoms with Crippen LogP contribution in [-0.4, -0.2) is 20.9 Å². The summed E-state index contributed by atoms with van der Waals surface area (Å²) in [5.41, 5.74) is 1.67. The molecule has 4 aromatic rings. The summed E-state index contributed by atoms with van der Waals surface area (Å²) in [6.07, 6.45) is -0.714. The van der Waals surface area contributed by atoms with Gasteiger partial charge in [-0.05, 0) is 42.0 Å². The van der Waals surface area contributed by atoms with Crippen molar-refractivity contribution >= 4 is 27.4 Å². The van der Waals surface area contributed by atoms with Gasteiger partial charge in [0.1, 0.15) is 5.56 Å². The van der Waals surface area contributed by atoms with Crippen molar-refractivity contribution in [3.05, 3.63) is 82.0 Å². The van der Waals surface area contributed by atoms with E-state index in [1.165, 1.54) is 29.7 Å². The van der Waals surface area contributed by atoms with Crippen LogP contribution in [0.5, 0.6) is 0 Å². The average molecular weight is 442 g/mol. The third kappa shape index (κ3) is 3.72. The number of carboxylic acids is 1. The van der Waals surface area contributed by atoms with Crippen molar-refractivity contribution in [3.63, 3.8) is 0 Å². The lowest BCUT2D eigenvalue weighted by molar-refractivity contribution is -0.137. The van der Waals surface area contributed by atoms with E-state index >= 15 is 0 Å². The fraction of sp³-hybridized carbons (Fsp3) is 0.217. The topological polar surface area (TPSA) is 55.1 Å². The number of fused-ring (bicyclic) bond motifs is 1. The van der Waals surface area contributed by atoms with E-state index in [1.807, 2.05) is 24.3 Å². The van der Waals surface area contributed by atoms with E-state index in [2.05, 4.69) is 5.10 Å². The molecule has 8 heteroatoms. The van der Waals surface area contributed by atoms with Crippen molar-refractivity contribution in [2.45, 2.75) is 31.4 Å². The van der Waals surface area contributed by atoms with E-state index in [0.717, 1.165) is 39.6 Å². The van der Waals surface area contributed by atoms with Gasteiger partial charge in [-0.25, -0.2) is 9.48 Å². The van der Waals surface area contributed by atoms with E-state index in [1.54, 1.807) is 10.7 Å². The van der Waals surface area contributed by atoms with Gasteiger partial charge in [0.2, 0.25) is 0 Å². The van der Waals surface area contributed by atoms with Gasteiger partial charge >= 0.3 is 12.1 Å². The summed E-state index contributed by atoms with van der Waals surface area (Å²) in [4.78, 5) is 12.6. The zero-order valence-electron chi connectivity index (χ0n) is 16.2. The van der Waals surface area contributed by atoms with Crippen molar-refractivity contribution in [2.24, 2.45) is 0 Å². The normalized spacial score (nSPS) is 14.3. The first-order valence-electron chi connectivity index (χ1n) is 9.80. The number of halogens is 3. The Morgan fingerprint density at radius 3 is 2.65 bits per heavy atom. The van der Waals surface area contributed by atoms with Crippen LogP contribution in [0.4, 0.5) is 13.2 Å². The first-order chi connectivity index (χ1) is 14.8. The van der Waals surface area contributed by atoms with E-state index in [0.29, 0.717) is 17.7 Å². The summed E-state index contributed by atoms with van der Waals surface area (Å²) in [7, 11) is 0. The van der Waals surface area contributed by atoms with Crippen LogP contribution in [-0.2, 0) is 12.6 Å². The Morgan fingerprint density at radius 2 is 1.94 bits per heavy atom. The summed E-state index contributed by atoms with van der Waals surface area (Å²) in [6.45, 7) is 0. The summed E-state index contributed by atoms with van der Waals surface area (Å²) >= 11 is 1.50. The molecule has 2 aromatic heterocycles. The maximum absolute atomic E-state index is 13.0. The van der Waals surface area contributed by atoms with Gasteiger partial charge in [0.15, 0.2) is 0 Å². The zero-order valence-corrected chi connectivity index (χ0v) is 17.0. The number of aromatic carboxylic acids is 1. The van der Waals surface area contributed by atoms with Crippen LogP contribution < -0.4 is 0 Å². The molecule has 4 nitrogen and oxygen atoms in total. The number of hydrogen-bond acceptors (Lipinski definition) is 3. The van der Waals surface area contributed by atoms with Crippen LogP contribution in [0.3, 0.4) is 0 Å². The minimum absolute atomic E-state index is 0.188. The molecular weight excluding hydrogens is 425 g/mol. The highest BCUT2D eigenvalue weighted by atomic mass is 32.1. The van der Waals surface area contributed by atoms with E-state index < -0.39 is 17.7 Å². The molecule has 1 N–H and O–H groups in total. The Hall–Kier alpha value is -3.13. The van der Waals surface area contributed by atoms with Crippen LogP contribution in [0, 0.1) is 0 Å². The molecule has 1 fully saturated rings. The summed E-state index contributed by atoms with van der Waals surface area (Å²) < 4.78 is 41.8. The molecule has 0 bridgehead atoms. The van der Waals surface area contributed by atoms with Gasteiger partial charge in [0.05, 0.1) is 27.8 Å². The molecule has 0 radical (unpaired) electrons. The van der Waals surface area contributed by atoms with Crippen LogP contribution in [0.15, 0.2) is 54.7 Å². The van der Waals surface area contributed by atoms with Crippen LogP contribution in [0.2, 0.25) is 0 Å². The number of carboxylic acid groups (broad SMARTS) is 1. The van der Waals surface area contributed by atoms with Crippen LogP contribution in [0.1, 0.15) is 50.8 Å². The second-order valence-electron chi connectivity index (χ2n) is 7.72. The SMILES string of the molecule is O=C(O)c1cnn(-c2cccc3cc(Cc4cccc(C(F)(F)F)c4)sc23)c1C1CC1. The minimum Gasteiger partial charge on any atom is -0.478 e. The maximum Gasteiger partial charge on any atom is 0.416 e. The first kappa shape index (κ1) is 19.8. The van der Waals surface area contributed by atoms with Gasteiger partial charge in [0, 0.05) is 17.2 Å². The quantitative estimate of drug-likeness (QED) is 0.396. The molecule has 0 atom stereocenters. The van der Waals surface area contributed by atoms with Gasteiger partial charge < -0.3 is 5.11 Å². The van der Waals surface area contributed by atoms with E-state index in [4.69, 9.17) is 0 Å². The highest BCUT2D eigenvalue weighted by molar-refractivity contribution is 7.19. The van der Waals surface area contributed by atoms with Gasteiger partial charge in [-0.1, -0.05) is 30.3 Å². The molecule has 1 aliphatic carbocycles. The smallest absolute Gasteiger partial charge is 0.416 e. The zero-order chi connectivity index (χ0) is 21.8. The number of alkyl halides is 3. The number of rotatable bonds is 5. The monoisotopic (exact) mass is 442 g/mol. The number of aromatic nitrogens is 2. The molecule has 0 saturated heterocycles. The third-order valence-corrected chi connectivity index (χ3v) is 6.61. The molecule has 158 valence electrons. The number of thiophene rings is 1. The molecule has 1 aliphatic rings. The second kappa shape index (κ2) is 7.23. The lowest BCUT2D eigenvalue weighted by Crippen LogP contribution is -2.05. The third-order valence-electron chi connectivity index (χ3n) is 5.44. The van der Waals surface area contributed by atoms with Gasteiger partial charge in [-0.3, -0.25) is 0 Å². The van der Waals surface area contributed by atoms with Crippen molar-refractivity contribution in [1.29, 1.82) is 0 Å². The van der Waals surface area contributed by atoms with Gasteiger partial charge in [-0.15, -0.1) is 11.3 Å². The van der Waals surface area contributed by atoms with Crippen molar-refractivity contribution in [3.8, 4) is 5.69 Å². The Balaban J connectivity index is 1.55. The molecule has 2 aromatic carbocycles. The molecule has 0 amide bonds. The number of carbonyl (C=O) groups is 1. The van der Waals surface area contributed by atoms with E-state index in [9.17, 15) is 23.1 Å². The highest BCUT2D eigenvalue weighted by Gasteiger charge is 2.33. The average Bonchev–Trinajstić information content (AvgIpc) is 3.31. The second-order valence-corrected chi connectivity index (χ2v) is 8.85. The Kier molecular flexibility index (Phi) is 4.62. The Bertz CT molecular complexity index is 1300. The molecule has 0 spiro atoms. The predicted octanol–water partition coefficient (Wildman–Crippen LogP) is 6.27. The molecule has 5 rings (SSSR count). The molecule has 1 saturated carbocycles. The number of hydrogen-bond donors (Lipinski definition) is 1. The van der Waals surface area contributed by atoms with Crippen LogP contribution in [0.25, 0.3) is 15.8 Å². The minimum atomic E-state index is -4.37. The molecule has 0 unspecified atom stereocenters. The Morgan fingerprint density at radius 1 is 1.16 bits per heavy atom. The lowest BCUT2D eigenvalue weighted by Gasteiger charge is -2.09. The first-order valence-corrected chi connectivity index (χ1v) is 10.6. The van der Waals surface area contributed by atoms with Gasteiger partial charge in [0.25, 0.3) is 0 Å². The highest BCUT2D eigenvalue weighted by Crippen LogP contribution is 2.43.